The lowest BCUT2D eigenvalue weighted by Gasteiger charge is -1.77. The van der Waals surface area contributed by atoms with Crippen LogP contribution in [0.2, 0.25) is 0 Å². The van der Waals surface area contributed by atoms with Gasteiger partial charge in [0.2, 0.25) is 5.78 Å². The van der Waals surface area contributed by atoms with Crippen molar-refractivity contribution in [3.8, 4) is 0 Å². The summed E-state index contributed by atoms with van der Waals surface area (Å²) in [6, 6.07) is 0. The van der Waals surface area contributed by atoms with Gasteiger partial charge in [-0.1, -0.05) is 6.58 Å². The Balaban J connectivity index is 2.81. The zero-order valence-electron chi connectivity index (χ0n) is 3.55. The molecule has 0 amide bonds. The molecular formula is C4H3NOS. The monoisotopic (exact) mass is 113 g/mol. The van der Waals surface area contributed by atoms with Gasteiger partial charge in [-0.2, -0.15) is 0 Å². The van der Waals surface area contributed by atoms with Crippen molar-refractivity contribution in [1.29, 1.82) is 0 Å². The van der Waals surface area contributed by atoms with Crippen molar-refractivity contribution in [2.24, 2.45) is 4.40 Å². The minimum Gasteiger partial charge on any atom is -0.287 e. The molecule has 0 fully saturated rings. The maximum Gasteiger partial charge on any atom is 0.212 e. The Morgan fingerprint density at radius 3 is 2.71 bits per heavy atom. The van der Waals surface area contributed by atoms with Gasteiger partial charge in [-0.05, 0) is 0 Å². The van der Waals surface area contributed by atoms with Gasteiger partial charge in [0.25, 0.3) is 0 Å². The van der Waals surface area contributed by atoms with Crippen LogP contribution in [0.5, 0.6) is 0 Å². The molecular weight excluding hydrogens is 110 g/mol. The van der Waals surface area contributed by atoms with E-state index in [0.717, 1.165) is 11.9 Å². The molecule has 0 N–H and O–H groups in total. The summed E-state index contributed by atoms with van der Waals surface area (Å²) in [5, 5.41) is 0. The second kappa shape index (κ2) is 1.50. The summed E-state index contributed by atoms with van der Waals surface area (Å²) in [7, 11) is 0. The van der Waals surface area contributed by atoms with Gasteiger partial charge in [0.05, 0.1) is 11.1 Å². The number of nitrogens with zero attached hydrogens (tertiary/aromatic N) is 1. The van der Waals surface area contributed by atoms with E-state index in [1.807, 2.05) is 0 Å². The summed E-state index contributed by atoms with van der Waals surface area (Å²) in [5.41, 5.74) is 0. The molecule has 0 unspecified atom stereocenters. The van der Waals surface area contributed by atoms with E-state index >= 15 is 0 Å². The number of hydrogen-bond donors (Lipinski definition) is 0. The molecule has 1 aliphatic heterocycles. The topological polar surface area (TPSA) is 29.4 Å². The first-order chi connectivity index (χ1) is 3.30. The number of carbonyl (C=O) groups is 1. The van der Waals surface area contributed by atoms with E-state index < -0.39 is 0 Å². The van der Waals surface area contributed by atoms with Gasteiger partial charge in [-0.25, -0.2) is 4.40 Å². The standard InChI is InChI=1S/C4H3NOS/c1-3-4(6)2-5-7-3/h2H,1H2. The zero-order chi connectivity index (χ0) is 5.28. The van der Waals surface area contributed by atoms with Crippen molar-refractivity contribution in [2.45, 2.75) is 0 Å². The van der Waals surface area contributed by atoms with E-state index in [1.54, 1.807) is 0 Å². The fourth-order valence-corrected chi connectivity index (χ4v) is 0.673. The van der Waals surface area contributed by atoms with Crippen molar-refractivity contribution in [3.63, 3.8) is 0 Å². The molecule has 0 bridgehead atoms. The molecule has 0 saturated carbocycles. The third-order valence-corrected chi connectivity index (χ3v) is 1.24. The van der Waals surface area contributed by atoms with Crippen LogP contribution in [0.3, 0.4) is 0 Å². The van der Waals surface area contributed by atoms with Crippen LogP contribution in [-0.4, -0.2) is 12.0 Å². The number of carbonyl (C=O) groups excluding carboxylic acids is 1. The Morgan fingerprint density at radius 2 is 2.57 bits per heavy atom. The molecule has 0 aromatic carbocycles. The van der Waals surface area contributed by atoms with E-state index in [0.29, 0.717) is 4.91 Å². The Morgan fingerprint density at radius 1 is 1.86 bits per heavy atom. The van der Waals surface area contributed by atoms with E-state index in [1.165, 1.54) is 6.21 Å². The molecule has 0 aliphatic carbocycles. The minimum absolute atomic E-state index is 0.0648. The quantitative estimate of drug-likeness (QED) is 0.343. The lowest BCUT2D eigenvalue weighted by atomic mass is 10.4. The van der Waals surface area contributed by atoms with Crippen LogP contribution in [0.4, 0.5) is 0 Å². The average molecular weight is 113 g/mol. The molecule has 0 aromatic rings. The summed E-state index contributed by atoms with van der Waals surface area (Å²) in [6.45, 7) is 3.42. The number of rotatable bonds is 0. The lowest BCUT2D eigenvalue weighted by Crippen LogP contribution is -1.90. The second-order valence-corrected chi connectivity index (χ2v) is 2.00. The summed E-state index contributed by atoms with van der Waals surface area (Å²) in [5.74, 6) is -0.0648. The number of hydrogen-bond acceptors (Lipinski definition) is 3. The molecule has 1 rings (SSSR count). The Hall–Kier alpha value is -0.570. The molecule has 2 nitrogen and oxygen atoms in total. The smallest absolute Gasteiger partial charge is 0.212 e. The fraction of sp³-hybridized carbons (Fsp3) is 0. The Labute approximate surface area is 45.5 Å². The Kier molecular flexibility index (Phi) is 0.982. The van der Waals surface area contributed by atoms with Crippen LogP contribution < -0.4 is 0 Å². The van der Waals surface area contributed by atoms with Gasteiger partial charge in [0, 0.05) is 11.9 Å². The van der Waals surface area contributed by atoms with E-state index in [4.69, 9.17) is 0 Å². The van der Waals surface area contributed by atoms with Gasteiger partial charge >= 0.3 is 0 Å². The maximum absolute atomic E-state index is 10.3. The summed E-state index contributed by atoms with van der Waals surface area (Å²) >= 11 is 1.13. The van der Waals surface area contributed by atoms with E-state index in [2.05, 4.69) is 11.0 Å². The predicted octanol–water partition coefficient (Wildman–Crippen LogP) is 0.802. The molecule has 0 saturated heterocycles. The lowest BCUT2D eigenvalue weighted by molar-refractivity contribution is -0.108. The van der Waals surface area contributed by atoms with Crippen molar-refractivity contribution in [2.75, 3.05) is 0 Å². The zero-order valence-corrected chi connectivity index (χ0v) is 4.36. The molecule has 3 heteroatoms. The van der Waals surface area contributed by atoms with Gasteiger partial charge in [0.15, 0.2) is 0 Å². The molecule has 0 radical (unpaired) electrons. The van der Waals surface area contributed by atoms with Crippen LogP contribution in [0.15, 0.2) is 15.9 Å². The van der Waals surface area contributed by atoms with Crippen LogP contribution >= 0.6 is 11.9 Å². The minimum atomic E-state index is -0.0648. The molecule has 7 heavy (non-hydrogen) atoms. The molecule has 1 aliphatic rings. The summed E-state index contributed by atoms with van der Waals surface area (Å²) in [4.78, 5) is 10.8. The fourth-order valence-electron chi connectivity index (χ4n) is 0.255. The summed E-state index contributed by atoms with van der Waals surface area (Å²) in [6.07, 6.45) is 1.27. The second-order valence-electron chi connectivity index (χ2n) is 1.11. The third-order valence-electron chi connectivity index (χ3n) is 0.608. The van der Waals surface area contributed by atoms with Crippen LogP contribution in [0.1, 0.15) is 0 Å². The average Bonchev–Trinajstić information content (AvgIpc) is 1.91. The van der Waals surface area contributed by atoms with Gasteiger partial charge in [-0.3, -0.25) is 4.79 Å². The van der Waals surface area contributed by atoms with Crippen molar-refractivity contribution < 1.29 is 4.79 Å². The van der Waals surface area contributed by atoms with Gasteiger partial charge in [0.1, 0.15) is 0 Å². The molecule has 0 spiro atoms. The van der Waals surface area contributed by atoms with Crippen LogP contribution in [0, 0.1) is 0 Å². The predicted molar refractivity (Wildman–Crippen MR) is 30.2 cm³/mol. The van der Waals surface area contributed by atoms with Gasteiger partial charge in [-0.15, -0.1) is 0 Å². The SMILES string of the molecule is C=C1SN=CC1=O. The highest BCUT2D eigenvalue weighted by Gasteiger charge is 2.08. The highest BCUT2D eigenvalue weighted by Crippen LogP contribution is 2.19. The largest absolute Gasteiger partial charge is 0.287 e. The van der Waals surface area contributed by atoms with Crippen molar-refractivity contribution >= 4 is 23.9 Å². The van der Waals surface area contributed by atoms with Crippen LogP contribution in [-0.2, 0) is 4.79 Å². The van der Waals surface area contributed by atoms with Crippen molar-refractivity contribution in [3.05, 3.63) is 11.5 Å². The number of allylic oxidation sites excluding steroid dienone is 1. The Bertz CT molecular complexity index is 150. The van der Waals surface area contributed by atoms with E-state index in [9.17, 15) is 4.79 Å². The maximum atomic E-state index is 10.3. The third kappa shape index (κ3) is 0.718. The number of ketones is 1. The molecule has 0 atom stereocenters. The highest BCUT2D eigenvalue weighted by atomic mass is 32.2. The van der Waals surface area contributed by atoms with Crippen LogP contribution in [0.25, 0.3) is 0 Å². The molecule has 0 aromatic heterocycles. The summed E-state index contributed by atoms with van der Waals surface area (Å²) < 4.78 is 3.59. The first-order valence-corrected chi connectivity index (χ1v) is 2.51. The van der Waals surface area contributed by atoms with Crippen molar-refractivity contribution in [1.82, 2.24) is 0 Å². The number of Topliss-reactive ketones (excluding diaryl/α,β-unsaturated/α-hetero) is 1. The normalized spacial score (nSPS) is 18.9. The molecule has 1 heterocycles. The van der Waals surface area contributed by atoms with E-state index in [-0.39, 0.29) is 5.78 Å². The first kappa shape index (κ1) is 4.59. The highest BCUT2D eigenvalue weighted by molar-refractivity contribution is 8.03. The first-order valence-electron chi connectivity index (χ1n) is 1.74. The van der Waals surface area contributed by atoms with Gasteiger partial charge < -0.3 is 0 Å². The molecule has 36 valence electrons.